The van der Waals surface area contributed by atoms with Gasteiger partial charge in [-0.3, -0.25) is 0 Å². The summed E-state index contributed by atoms with van der Waals surface area (Å²) in [5.74, 6) is -0.200. The number of hydrogen-bond donors (Lipinski definition) is 0. The summed E-state index contributed by atoms with van der Waals surface area (Å²) in [6.07, 6.45) is 0.692. The SMILES string of the molecule is Cc1ccc(C(Cl)Cc2ccc(Br)cc2)cc1F. The summed E-state index contributed by atoms with van der Waals surface area (Å²) in [6.45, 7) is 1.75. The number of halogens is 3. The molecule has 94 valence electrons. The van der Waals surface area contributed by atoms with Gasteiger partial charge in [0, 0.05) is 4.47 Å². The summed E-state index contributed by atoms with van der Waals surface area (Å²) in [4.78, 5) is 0. The third-order valence-electron chi connectivity index (χ3n) is 2.89. The highest BCUT2D eigenvalue weighted by Crippen LogP contribution is 2.26. The number of aryl methyl sites for hydroxylation is 1. The molecule has 0 bridgehead atoms. The van der Waals surface area contributed by atoms with Crippen LogP contribution in [0.4, 0.5) is 4.39 Å². The zero-order chi connectivity index (χ0) is 13.1. The molecular formula is C15H13BrClF. The number of benzene rings is 2. The Morgan fingerprint density at radius 3 is 2.44 bits per heavy atom. The highest BCUT2D eigenvalue weighted by Gasteiger charge is 2.10. The Labute approximate surface area is 120 Å². The van der Waals surface area contributed by atoms with Crippen LogP contribution in [0, 0.1) is 12.7 Å². The molecule has 0 fully saturated rings. The minimum Gasteiger partial charge on any atom is -0.207 e. The van der Waals surface area contributed by atoms with Crippen LogP contribution in [-0.4, -0.2) is 0 Å². The van der Waals surface area contributed by atoms with Gasteiger partial charge in [0.05, 0.1) is 5.38 Å². The molecule has 0 aliphatic rings. The fourth-order valence-corrected chi connectivity index (χ4v) is 2.33. The van der Waals surface area contributed by atoms with Gasteiger partial charge in [-0.15, -0.1) is 11.6 Å². The molecule has 1 unspecified atom stereocenters. The van der Waals surface area contributed by atoms with E-state index < -0.39 is 0 Å². The predicted molar refractivity (Wildman–Crippen MR) is 77.6 cm³/mol. The lowest BCUT2D eigenvalue weighted by atomic mass is 10.0. The molecule has 0 saturated heterocycles. The first-order valence-electron chi connectivity index (χ1n) is 5.71. The second-order valence-electron chi connectivity index (χ2n) is 4.31. The molecular weight excluding hydrogens is 315 g/mol. The summed E-state index contributed by atoms with van der Waals surface area (Å²) in [5.41, 5.74) is 2.60. The first kappa shape index (κ1) is 13.6. The molecule has 0 radical (unpaired) electrons. The molecule has 0 aliphatic carbocycles. The Morgan fingerprint density at radius 2 is 1.83 bits per heavy atom. The molecule has 2 rings (SSSR count). The molecule has 0 N–H and O–H groups in total. The first-order chi connectivity index (χ1) is 8.56. The van der Waals surface area contributed by atoms with Gasteiger partial charge in [-0.25, -0.2) is 4.39 Å². The van der Waals surface area contributed by atoms with Gasteiger partial charge in [0.25, 0.3) is 0 Å². The largest absolute Gasteiger partial charge is 0.207 e. The van der Waals surface area contributed by atoms with Crippen LogP contribution in [0.3, 0.4) is 0 Å². The van der Waals surface area contributed by atoms with Gasteiger partial charge >= 0.3 is 0 Å². The van der Waals surface area contributed by atoms with Crippen LogP contribution < -0.4 is 0 Å². The fraction of sp³-hybridized carbons (Fsp3) is 0.200. The van der Waals surface area contributed by atoms with E-state index in [1.165, 1.54) is 6.07 Å². The zero-order valence-electron chi connectivity index (χ0n) is 9.96. The molecule has 0 nitrogen and oxygen atoms in total. The van der Waals surface area contributed by atoms with E-state index in [0.717, 1.165) is 15.6 Å². The van der Waals surface area contributed by atoms with Gasteiger partial charge in [0.15, 0.2) is 0 Å². The fourth-order valence-electron chi connectivity index (χ4n) is 1.75. The van der Waals surface area contributed by atoms with Crippen LogP contribution in [-0.2, 0) is 6.42 Å². The number of hydrogen-bond acceptors (Lipinski definition) is 0. The van der Waals surface area contributed by atoms with Gasteiger partial charge in [0.1, 0.15) is 5.82 Å². The lowest BCUT2D eigenvalue weighted by Gasteiger charge is -2.11. The number of rotatable bonds is 3. The Kier molecular flexibility index (Phi) is 4.41. The quantitative estimate of drug-likeness (QED) is 0.660. The first-order valence-corrected chi connectivity index (χ1v) is 6.94. The maximum atomic E-state index is 13.5. The lowest BCUT2D eigenvalue weighted by Crippen LogP contribution is -1.97. The van der Waals surface area contributed by atoms with Crippen molar-refractivity contribution in [2.45, 2.75) is 18.7 Å². The Morgan fingerprint density at radius 1 is 1.17 bits per heavy atom. The van der Waals surface area contributed by atoms with Crippen molar-refractivity contribution in [1.82, 2.24) is 0 Å². The standard InChI is InChI=1S/C15H13BrClF/c1-10-2-5-12(9-15(10)18)14(17)8-11-3-6-13(16)7-4-11/h2-7,9,14H,8H2,1H3. The Balaban J connectivity index is 2.13. The average molecular weight is 328 g/mol. The molecule has 1 atom stereocenters. The summed E-state index contributed by atoms with van der Waals surface area (Å²) in [5, 5.41) is -0.207. The second-order valence-corrected chi connectivity index (χ2v) is 5.75. The monoisotopic (exact) mass is 326 g/mol. The molecule has 2 aromatic carbocycles. The predicted octanol–water partition coefficient (Wildman–Crippen LogP) is 5.42. The average Bonchev–Trinajstić information content (AvgIpc) is 2.35. The zero-order valence-corrected chi connectivity index (χ0v) is 12.3. The van der Waals surface area contributed by atoms with E-state index in [1.807, 2.05) is 30.3 Å². The smallest absolute Gasteiger partial charge is 0.126 e. The normalized spacial score (nSPS) is 12.4. The van der Waals surface area contributed by atoms with Gasteiger partial charge in [0.2, 0.25) is 0 Å². The minimum atomic E-state index is -0.207. The van der Waals surface area contributed by atoms with Crippen molar-refractivity contribution in [3.05, 3.63) is 69.4 Å². The van der Waals surface area contributed by atoms with Crippen molar-refractivity contribution in [2.24, 2.45) is 0 Å². The third kappa shape index (κ3) is 3.33. The van der Waals surface area contributed by atoms with E-state index in [0.29, 0.717) is 12.0 Å². The van der Waals surface area contributed by atoms with Crippen LogP contribution in [0.1, 0.15) is 22.1 Å². The van der Waals surface area contributed by atoms with Crippen molar-refractivity contribution in [2.75, 3.05) is 0 Å². The summed E-state index contributed by atoms with van der Waals surface area (Å²) >= 11 is 9.72. The topological polar surface area (TPSA) is 0 Å². The summed E-state index contributed by atoms with van der Waals surface area (Å²) < 4.78 is 14.5. The van der Waals surface area contributed by atoms with Crippen molar-refractivity contribution in [3.63, 3.8) is 0 Å². The van der Waals surface area contributed by atoms with Gasteiger partial charge in [-0.2, -0.15) is 0 Å². The highest BCUT2D eigenvalue weighted by molar-refractivity contribution is 9.10. The summed E-state index contributed by atoms with van der Waals surface area (Å²) in [7, 11) is 0. The molecule has 0 heterocycles. The molecule has 3 heteroatoms. The number of alkyl halides is 1. The third-order valence-corrected chi connectivity index (χ3v) is 3.82. The van der Waals surface area contributed by atoms with Crippen molar-refractivity contribution >= 4 is 27.5 Å². The van der Waals surface area contributed by atoms with Gasteiger partial charge in [-0.1, -0.05) is 40.2 Å². The van der Waals surface area contributed by atoms with E-state index >= 15 is 0 Å². The van der Waals surface area contributed by atoms with E-state index in [1.54, 1.807) is 13.0 Å². The molecule has 0 amide bonds. The van der Waals surface area contributed by atoms with Crippen LogP contribution in [0.25, 0.3) is 0 Å². The molecule has 0 saturated carbocycles. The molecule has 2 aromatic rings. The van der Waals surface area contributed by atoms with Crippen molar-refractivity contribution in [3.8, 4) is 0 Å². The van der Waals surface area contributed by atoms with Crippen LogP contribution in [0.5, 0.6) is 0 Å². The van der Waals surface area contributed by atoms with Crippen molar-refractivity contribution in [1.29, 1.82) is 0 Å². The van der Waals surface area contributed by atoms with Gasteiger partial charge < -0.3 is 0 Å². The van der Waals surface area contributed by atoms with E-state index in [9.17, 15) is 4.39 Å². The molecule has 18 heavy (non-hydrogen) atoms. The maximum Gasteiger partial charge on any atom is 0.126 e. The Bertz CT molecular complexity index is 537. The van der Waals surface area contributed by atoms with Crippen LogP contribution in [0.2, 0.25) is 0 Å². The highest BCUT2D eigenvalue weighted by atomic mass is 79.9. The lowest BCUT2D eigenvalue weighted by molar-refractivity contribution is 0.615. The summed E-state index contributed by atoms with van der Waals surface area (Å²) in [6, 6.07) is 13.2. The maximum absolute atomic E-state index is 13.5. The molecule has 0 aliphatic heterocycles. The van der Waals surface area contributed by atoms with E-state index in [-0.39, 0.29) is 11.2 Å². The van der Waals surface area contributed by atoms with Crippen molar-refractivity contribution < 1.29 is 4.39 Å². The Hall–Kier alpha value is -0.860. The van der Waals surface area contributed by atoms with Crippen LogP contribution >= 0.6 is 27.5 Å². The van der Waals surface area contributed by atoms with Crippen LogP contribution in [0.15, 0.2) is 46.9 Å². The minimum absolute atomic E-state index is 0.200. The van der Waals surface area contributed by atoms with Gasteiger partial charge in [-0.05, 0) is 48.2 Å². The second kappa shape index (κ2) is 5.85. The van der Waals surface area contributed by atoms with E-state index in [2.05, 4.69) is 15.9 Å². The van der Waals surface area contributed by atoms with E-state index in [4.69, 9.17) is 11.6 Å². The molecule has 0 spiro atoms. The molecule has 0 aromatic heterocycles.